The summed E-state index contributed by atoms with van der Waals surface area (Å²) in [5, 5.41) is 9.81. The van der Waals surface area contributed by atoms with Crippen molar-refractivity contribution in [3.8, 4) is 0 Å². The number of esters is 3. The molecule has 0 amide bonds. The zero-order valence-electron chi connectivity index (χ0n) is 48.7. The average Bonchev–Trinajstić information content (AvgIpc) is 3.41. The van der Waals surface area contributed by atoms with E-state index >= 15 is 0 Å². The summed E-state index contributed by atoms with van der Waals surface area (Å²) in [6, 6.07) is 0. The van der Waals surface area contributed by atoms with Gasteiger partial charge in [-0.25, -0.2) is 4.57 Å². The second kappa shape index (κ2) is 58.1. The second-order valence-corrected chi connectivity index (χ2v) is 21.9. The average molecular weight is 1090 g/mol. The van der Waals surface area contributed by atoms with Gasteiger partial charge in [0.25, 0.3) is 0 Å². The van der Waals surface area contributed by atoms with Gasteiger partial charge in [-0.15, -0.1) is 0 Å². The lowest BCUT2D eigenvalue weighted by atomic mass is 10.0. The summed E-state index contributed by atoms with van der Waals surface area (Å²) in [6.07, 6.45) is 65.8. The maximum Gasteiger partial charge on any atom is 0.472 e. The first kappa shape index (κ1) is 72.9. The molecule has 2 N–H and O–H groups in total. The third kappa shape index (κ3) is 55.7. The van der Waals surface area contributed by atoms with Gasteiger partial charge in [-0.1, -0.05) is 248 Å². The van der Waals surface area contributed by atoms with Crippen LogP contribution in [0.1, 0.15) is 278 Å². The zero-order valence-corrected chi connectivity index (χ0v) is 49.6. The lowest BCUT2D eigenvalue weighted by Gasteiger charge is -2.21. The summed E-state index contributed by atoms with van der Waals surface area (Å²) in [6.45, 7) is 4.48. The molecule has 11 nitrogen and oxygen atoms in total. The maximum absolute atomic E-state index is 12.9. The third-order valence-electron chi connectivity index (χ3n) is 13.1. The fraction of sp³-hybridized carbons (Fsp3) is 0.766. The molecule has 0 saturated heterocycles. The molecule has 3 unspecified atom stereocenters. The lowest BCUT2D eigenvalue weighted by molar-refractivity contribution is -0.161. The highest BCUT2D eigenvalue weighted by Crippen LogP contribution is 2.43. The molecule has 0 bridgehead atoms. The zero-order chi connectivity index (χ0) is 55.5. The molecule has 0 aliphatic heterocycles. The van der Waals surface area contributed by atoms with Crippen LogP contribution in [0, 0.1) is 0 Å². The van der Waals surface area contributed by atoms with Crippen LogP contribution in [0.25, 0.3) is 0 Å². The van der Waals surface area contributed by atoms with Crippen molar-refractivity contribution in [2.45, 2.75) is 290 Å². The van der Waals surface area contributed by atoms with E-state index in [1.165, 1.54) is 109 Å². The predicted octanol–water partition coefficient (Wildman–Crippen LogP) is 18.5. The number of rotatable bonds is 57. The minimum atomic E-state index is -4.76. The number of phosphoric ester groups is 1. The molecule has 0 aliphatic carbocycles. The number of phosphoric acid groups is 1. The van der Waals surface area contributed by atoms with Crippen LogP contribution in [0.3, 0.4) is 0 Å². The molecule has 440 valence electrons. The van der Waals surface area contributed by atoms with Gasteiger partial charge in [-0.05, 0) is 83.5 Å². The minimum Gasteiger partial charge on any atom is -0.462 e. The Hall–Kier alpha value is -3.08. The first-order valence-corrected chi connectivity index (χ1v) is 32.3. The van der Waals surface area contributed by atoms with E-state index in [0.29, 0.717) is 19.3 Å². The molecule has 0 aromatic heterocycles. The fourth-order valence-corrected chi connectivity index (χ4v) is 9.21. The van der Waals surface area contributed by atoms with E-state index in [2.05, 4.69) is 93.7 Å². The number of carbonyl (C=O) groups excluding carboxylic acids is 3. The van der Waals surface area contributed by atoms with E-state index < -0.39 is 57.8 Å². The van der Waals surface area contributed by atoms with Gasteiger partial charge in [-0.2, -0.15) is 0 Å². The Labute approximate surface area is 465 Å². The summed E-state index contributed by atoms with van der Waals surface area (Å²) < 4.78 is 39.5. The molecule has 0 aromatic rings. The molecule has 0 heterocycles. The molecular weight excluding hydrogens is 976 g/mol. The number of aliphatic hydroxyl groups excluding tert-OH is 1. The van der Waals surface area contributed by atoms with Crippen molar-refractivity contribution in [3.63, 3.8) is 0 Å². The van der Waals surface area contributed by atoms with Crippen molar-refractivity contribution < 1.29 is 52.2 Å². The molecule has 12 heteroatoms. The highest BCUT2D eigenvalue weighted by Gasteiger charge is 2.28. The van der Waals surface area contributed by atoms with Crippen LogP contribution in [0.5, 0.6) is 0 Å². The van der Waals surface area contributed by atoms with E-state index in [4.69, 9.17) is 23.3 Å². The first-order chi connectivity index (χ1) is 37.2. The molecule has 0 aromatic carbocycles. The Balaban J connectivity index is 4.75. The van der Waals surface area contributed by atoms with Crippen molar-refractivity contribution in [2.24, 2.45) is 0 Å². The number of ether oxygens (including phenoxy) is 3. The molecule has 3 atom stereocenters. The summed E-state index contributed by atoms with van der Waals surface area (Å²) in [7, 11) is -4.76. The van der Waals surface area contributed by atoms with Crippen molar-refractivity contribution in [3.05, 3.63) is 72.9 Å². The molecule has 0 aliphatic rings. The molecule has 76 heavy (non-hydrogen) atoms. The van der Waals surface area contributed by atoms with Gasteiger partial charge in [0.2, 0.25) is 0 Å². The summed E-state index contributed by atoms with van der Waals surface area (Å²) in [5.74, 6) is -1.50. The van der Waals surface area contributed by atoms with Crippen LogP contribution in [-0.4, -0.2) is 66.5 Å². The highest BCUT2D eigenvalue weighted by molar-refractivity contribution is 7.47. The second-order valence-electron chi connectivity index (χ2n) is 20.5. The van der Waals surface area contributed by atoms with E-state index in [-0.39, 0.29) is 25.9 Å². The normalized spacial score (nSPS) is 13.8. The van der Waals surface area contributed by atoms with Crippen molar-refractivity contribution in [1.82, 2.24) is 0 Å². The molecule has 0 spiro atoms. The number of hydrogen-bond acceptors (Lipinski definition) is 10. The van der Waals surface area contributed by atoms with E-state index in [1.807, 2.05) is 0 Å². The maximum atomic E-state index is 12.9. The van der Waals surface area contributed by atoms with Gasteiger partial charge in [0.15, 0.2) is 6.10 Å². The third-order valence-corrected chi connectivity index (χ3v) is 14.1. The summed E-state index contributed by atoms with van der Waals surface area (Å²) >= 11 is 0. The molecule has 0 rings (SSSR count). The standard InChI is InChI=1S/C64H113O11P/c1-4-7-10-13-16-19-22-24-26-28-30-32-34-36-39-41-44-47-50-53-62(66)71-57-61(75-64(68)55-52-49-46-43-40-37-35-33-31-29-27-25-23-20-17-14-11-8-5-2)59-73-76(69,70)72-58-60(56-65)74-63(67)54-51-48-45-42-38-21-18-15-12-9-6-3/h8,11,15,17-18,20,25,27,31,33,37,40,60-61,65H,4-7,9-10,12-14,16,19,21-24,26,28-30,32,34-36,38-39,41-59H2,1-3H3,(H,69,70)/b11-8-,18-15-,20-17-,27-25-,33-31-,40-37-. The van der Waals surface area contributed by atoms with Gasteiger partial charge in [-0.3, -0.25) is 23.4 Å². The Bertz CT molecular complexity index is 1550. The number of aliphatic hydroxyl groups is 1. The van der Waals surface area contributed by atoms with Crippen molar-refractivity contribution in [2.75, 3.05) is 26.4 Å². The Morgan fingerprint density at radius 1 is 0.382 bits per heavy atom. The van der Waals surface area contributed by atoms with Crippen LogP contribution in [0.4, 0.5) is 0 Å². The van der Waals surface area contributed by atoms with Crippen LogP contribution in [0.2, 0.25) is 0 Å². The molecule has 0 radical (unpaired) electrons. The minimum absolute atomic E-state index is 0.128. The quantitative estimate of drug-likeness (QED) is 0.0197. The smallest absolute Gasteiger partial charge is 0.462 e. The van der Waals surface area contributed by atoms with Gasteiger partial charge in [0, 0.05) is 19.3 Å². The predicted molar refractivity (Wildman–Crippen MR) is 316 cm³/mol. The highest BCUT2D eigenvalue weighted by atomic mass is 31.2. The van der Waals surface area contributed by atoms with Crippen LogP contribution in [0.15, 0.2) is 72.9 Å². The number of hydrogen-bond donors (Lipinski definition) is 2. The van der Waals surface area contributed by atoms with Crippen LogP contribution >= 0.6 is 7.82 Å². The van der Waals surface area contributed by atoms with Crippen LogP contribution < -0.4 is 0 Å². The van der Waals surface area contributed by atoms with Gasteiger partial charge in [0.1, 0.15) is 12.7 Å². The Kier molecular flexibility index (Phi) is 55.7. The topological polar surface area (TPSA) is 155 Å². The van der Waals surface area contributed by atoms with Gasteiger partial charge in [0.05, 0.1) is 19.8 Å². The first-order valence-electron chi connectivity index (χ1n) is 30.8. The Morgan fingerprint density at radius 3 is 1.12 bits per heavy atom. The number of allylic oxidation sites excluding steroid dienone is 12. The fourth-order valence-electron chi connectivity index (χ4n) is 8.42. The number of unbranched alkanes of at least 4 members (excludes halogenated alkanes) is 28. The summed E-state index contributed by atoms with van der Waals surface area (Å²) in [4.78, 5) is 48.6. The monoisotopic (exact) mass is 1090 g/mol. The van der Waals surface area contributed by atoms with Gasteiger partial charge < -0.3 is 24.2 Å². The van der Waals surface area contributed by atoms with Crippen molar-refractivity contribution >= 4 is 25.7 Å². The molecular formula is C64H113O11P. The van der Waals surface area contributed by atoms with E-state index in [1.54, 1.807) is 0 Å². The molecule has 0 saturated carbocycles. The van der Waals surface area contributed by atoms with E-state index in [9.17, 15) is 28.9 Å². The SMILES string of the molecule is CC/C=C\C/C=C\C/C=C\C/C=C\C/C=C\CCCCCC(=O)OC(COC(=O)CCCCCCCCCCCCCCCCCCCCC)COP(=O)(O)OCC(CO)OC(=O)CCCCCCC/C=C\CCCC. The van der Waals surface area contributed by atoms with Crippen molar-refractivity contribution in [1.29, 1.82) is 0 Å². The van der Waals surface area contributed by atoms with Crippen LogP contribution in [-0.2, 0) is 42.2 Å². The van der Waals surface area contributed by atoms with E-state index in [0.717, 1.165) is 109 Å². The number of carbonyl (C=O) groups is 3. The largest absolute Gasteiger partial charge is 0.472 e. The molecule has 0 fully saturated rings. The van der Waals surface area contributed by atoms with Gasteiger partial charge >= 0.3 is 25.7 Å². The lowest BCUT2D eigenvalue weighted by Crippen LogP contribution is -2.30. The summed E-state index contributed by atoms with van der Waals surface area (Å²) in [5.41, 5.74) is 0. The Morgan fingerprint density at radius 2 is 0.697 bits per heavy atom.